The van der Waals surface area contributed by atoms with E-state index >= 15 is 0 Å². The normalized spacial score (nSPS) is 23.3. The van der Waals surface area contributed by atoms with Crippen LogP contribution < -0.4 is 0 Å². The standard InChI is InChI=1S/C8H12F3NO3/c1-5(6(13)14)12-3-7(4-12,15-2)8(9,10)11/h5H,3-4H2,1-2H3,(H,13,14). The number of halogens is 3. The molecule has 1 N–H and O–H groups in total. The molecule has 7 heteroatoms. The van der Waals surface area contributed by atoms with Gasteiger partial charge in [-0.15, -0.1) is 0 Å². The highest BCUT2D eigenvalue weighted by atomic mass is 19.4. The van der Waals surface area contributed by atoms with Crippen LogP contribution in [0.4, 0.5) is 13.2 Å². The van der Waals surface area contributed by atoms with Crippen LogP contribution in [0.15, 0.2) is 0 Å². The third-order valence-electron chi connectivity index (χ3n) is 2.73. The minimum atomic E-state index is -4.46. The van der Waals surface area contributed by atoms with Crippen molar-refractivity contribution in [1.29, 1.82) is 0 Å². The number of nitrogens with zero attached hydrogens (tertiary/aromatic N) is 1. The maximum absolute atomic E-state index is 12.5. The first kappa shape index (κ1) is 12.3. The maximum atomic E-state index is 12.5. The lowest BCUT2D eigenvalue weighted by molar-refractivity contribution is -0.313. The average Bonchev–Trinajstić information content (AvgIpc) is 1.99. The van der Waals surface area contributed by atoms with Gasteiger partial charge in [-0.3, -0.25) is 9.69 Å². The van der Waals surface area contributed by atoms with Gasteiger partial charge in [-0.05, 0) is 6.92 Å². The van der Waals surface area contributed by atoms with Gasteiger partial charge in [0.1, 0.15) is 6.04 Å². The van der Waals surface area contributed by atoms with Crippen LogP contribution in [0.25, 0.3) is 0 Å². The summed E-state index contributed by atoms with van der Waals surface area (Å²) in [4.78, 5) is 11.7. The third-order valence-corrected chi connectivity index (χ3v) is 2.73. The molecule has 0 amide bonds. The average molecular weight is 227 g/mol. The predicted octanol–water partition coefficient (Wildman–Crippen LogP) is 0.723. The van der Waals surface area contributed by atoms with E-state index in [0.29, 0.717) is 0 Å². The molecule has 0 saturated carbocycles. The van der Waals surface area contributed by atoms with E-state index in [0.717, 1.165) is 7.11 Å². The molecule has 1 rings (SSSR count). The van der Waals surface area contributed by atoms with Crippen molar-refractivity contribution in [2.75, 3.05) is 20.2 Å². The smallest absolute Gasteiger partial charge is 0.419 e. The molecule has 1 aliphatic rings. The van der Waals surface area contributed by atoms with Gasteiger partial charge in [0.2, 0.25) is 0 Å². The fraction of sp³-hybridized carbons (Fsp3) is 0.875. The van der Waals surface area contributed by atoms with Crippen LogP contribution in [0.1, 0.15) is 6.92 Å². The number of likely N-dealkylation sites (tertiary alicyclic amines) is 1. The van der Waals surface area contributed by atoms with Crippen molar-refractivity contribution in [2.45, 2.75) is 24.7 Å². The lowest BCUT2D eigenvalue weighted by Gasteiger charge is -2.50. The highest BCUT2D eigenvalue weighted by Gasteiger charge is 2.63. The number of hydrogen-bond donors (Lipinski definition) is 1. The number of rotatable bonds is 3. The van der Waals surface area contributed by atoms with Crippen LogP contribution >= 0.6 is 0 Å². The Morgan fingerprint density at radius 3 is 2.27 bits per heavy atom. The minimum absolute atomic E-state index is 0.430. The Bertz CT molecular complexity index is 260. The van der Waals surface area contributed by atoms with Gasteiger partial charge in [0.15, 0.2) is 5.60 Å². The van der Waals surface area contributed by atoms with Crippen molar-refractivity contribution >= 4 is 5.97 Å². The lowest BCUT2D eigenvalue weighted by atomic mass is 9.91. The molecule has 15 heavy (non-hydrogen) atoms. The highest BCUT2D eigenvalue weighted by molar-refractivity contribution is 5.73. The molecule has 88 valence electrons. The molecule has 0 bridgehead atoms. The fourth-order valence-electron chi connectivity index (χ4n) is 1.46. The topological polar surface area (TPSA) is 49.8 Å². The van der Waals surface area contributed by atoms with Crippen molar-refractivity contribution in [1.82, 2.24) is 4.90 Å². The van der Waals surface area contributed by atoms with Crippen LogP contribution in [-0.4, -0.2) is 54.0 Å². The molecule has 0 spiro atoms. The van der Waals surface area contributed by atoms with Crippen molar-refractivity contribution in [3.05, 3.63) is 0 Å². The van der Waals surface area contributed by atoms with E-state index in [2.05, 4.69) is 4.74 Å². The van der Waals surface area contributed by atoms with Crippen LogP contribution in [0, 0.1) is 0 Å². The van der Waals surface area contributed by atoms with E-state index < -0.39 is 36.9 Å². The largest absolute Gasteiger partial charge is 0.480 e. The molecule has 1 saturated heterocycles. The Labute approximate surface area is 84.6 Å². The summed E-state index contributed by atoms with van der Waals surface area (Å²) in [5.74, 6) is -1.14. The van der Waals surface area contributed by atoms with Crippen LogP contribution in [-0.2, 0) is 9.53 Å². The molecule has 0 radical (unpaired) electrons. The summed E-state index contributed by atoms with van der Waals surface area (Å²) >= 11 is 0. The van der Waals surface area contributed by atoms with Crippen molar-refractivity contribution in [3.63, 3.8) is 0 Å². The molecule has 0 aromatic rings. The highest BCUT2D eigenvalue weighted by Crippen LogP contribution is 2.41. The Kier molecular flexibility index (Phi) is 2.97. The molecule has 1 fully saturated rings. The molecule has 0 aliphatic carbocycles. The molecular formula is C8H12F3NO3. The second-order valence-electron chi connectivity index (χ2n) is 3.62. The summed E-state index contributed by atoms with van der Waals surface area (Å²) < 4.78 is 41.9. The molecule has 0 aromatic heterocycles. The summed E-state index contributed by atoms with van der Waals surface area (Å²) in [7, 11) is 0.982. The van der Waals surface area contributed by atoms with Gasteiger partial charge in [-0.1, -0.05) is 0 Å². The fourth-order valence-corrected chi connectivity index (χ4v) is 1.46. The van der Waals surface area contributed by atoms with Crippen molar-refractivity contribution in [2.24, 2.45) is 0 Å². The zero-order valence-electron chi connectivity index (χ0n) is 8.34. The molecule has 1 heterocycles. The van der Waals surface area contributed by atoms with Crippen LogP contribution in [0.3, 0.4) is 0 Å². The third kappa shape index (κ3) is 1.93. The number of aliphatic carboxylic acids is 1. The summed E-state index contributed by atoms with van der Waals surface area (Å²) in [6, 6.07) is -0.921. The summed E-state index contributed by atoms with van der Waals surface area (Å²) in [5, 5.41) is 8.60. The minimum Gasteiger partial charge on any atom is -0.480 e. The van der Waals surface area contributed by atoms with E-state index in [1.807, 2.05) is 0 Å². The zero-order valence-corrected chi connectivity index (χ0v) is 8.34. The maximum Gasteiger partial charge on any atom is 0.419 e. The Balaban J connectivity index is 2.64. The lowest BCUT2D eigenvalue weighted by Crippen LogP contribution is -2.72. The van der Waals surface area contributed by atoms with Gasteiger partial charge in [-0.2, -0.15) is 13.2 Å². The van der Waals surface area contributed by atoms with Gasteiger partial charge in [0, 0.05) is 20.2 Å². The Morgan fingerprint density at radius 1 is 1.53 bits per heavy atom. The number of methoxy groups -OCH3 is 1. The van der Waals surface area contributed by atoms with E-state index in [-0.39, 0.29) is 0 Å². The van der Waals surface area contributed by atoms with E-state index in [1.165, 1.54) is 11.8 Å². The van der Waals surface area contributed by atoms with E-state index in [9.17, 15) is 18.0 Å². The van der Waals surface area contributed by atoms with Gasteiger partial charge in [0.05, 0.1) is 0 Å². The van der Waals surface area contributed by atoms with E-state index in [1.54, 1.807) is 0 Å². The van der Waals surface area contributed by atoms with Gasteiger partial charge >= 0.3 is 12.1 Å². The monoisotopic (exact) mass is 227 g/mol. The second kappa shape index (κ2) is 3.64. The number of carboxylic acids is 1. The molecule has 0 aromatic carbocycles. The number of carbonyl (C=O) groups is 1. The SMILES string of the molecule is COC1(C(F)(F)F)CN(C(C)C(=O)O)C1. The number of carboxylic acid groups (broad SMARTS) is 1. The van der Waals surface area contributed by atoms with E-state index in [4.69, 9.17) is 5.11 Å². The summed E-state index contributed by atoms with van der Waals surface area (Å²) in [6.07, 6.45) is -4.46. The van der Waals surface area contributed by atoms with Gasteiger partial charge in [-0.25, -0.2) is 0 Å². The Hall–Kier alpha value is -0.820. The predicted molar refractivity (Wildman–Crippen MR) is 44.5 cm³/mol. The van der Waals surface area contributed by atoms with Gasteiger partial charge in [0.25, 0.3) is 0 Å². The molecule has 4 nitrogen and oxygen atoms in total. The quantitative estimate of drug-likeness (QED) is 0.772. The molecule has 1 aliphatic heterocycles. The second-order valence-corrected chi connectivity index (χ2v) is 3.62. The molecular weight excluding hydrogens is 215 g/mol. The molecule has 1 atom stereocenters. The number of alkyl halides is 3. The first-order chi connectivity index (χ1) is 6.73. The Morgan fingerprint density at radius 2 is 2.00 bits per heavy atom. The van der Waals surface area contributed by atoms with Crippen LogP contribution in [0.5, 0.6) is 0 Å². The summed E-state index contributed by atoms with van der Waals surface area (Å²) in [6.45, 7) is 0.485. The summed E-state index contributed by atoms with van der Waals surface area (Å²) in [5.41, 5.74) is -2.20. The zero-order chi connectivity index (χ0) is 11.9. The van der Waals surface area contributed by atoms with Gasteiger partial charge < -0.3 is 9.84 Å². The van der Waals surface area contributed by atoms with Crippen molar-refractivity contribution < 1.29 is 27.8 Å². The number of hydrogen-bond acceptors (Lipinski definition) is 3. The number of ether oxygens (including phenoxy) is 1. The van der Waals surface area contributed by atoms with Crippen molar-refractivity contribution in [3.8, 4) is 0 Å². The van der Waals surface area contributed by atoms with Crippen LogP contribution in [0.2, 0.25) is 0 Å². The molecule has 1 unspecified atom stereocenters. The first-order valence-corrected chi connectivity index (χ1v) is 4.32. The first-order valence-electron chi connectivity index (χ1n) is 4.32.